The second-order valence-electron chi connectivity index (χ2n) is 12.7. The van der Waals surface area contributed by atoms with E-state index in [9.17, 15) is 0 Å². The van der Waals surface area contributed by atoms with E-state index in [1.807, 2.05) is 36.4 Å². The molecule has 7 aromatic rings. The Morgan fingerprint density at radius 1 is 0.365 bits per heavy atom. The molecule has 2 aliphatic heterocycles. The number of fused-ring (bicyclic) bond motifs is 8. The van der Waals surface area contributed by atoms with Crippen LogP contribution < -0.4 is 9.47 Å². The number of aromatic amines is 2. The second-order valence-corrected chi connectivity index (χ2v) is 12.7. The average molecular weight is 675 g/mol. The average Bonchev–Trinajstić information content (AvgIpc) is 4.04. The molecule has 0 radical (unpaired) electrons. The number of aromatic nitrogens is 4. The quantitative estimate of drug-likeness (QED) is 0.184. The SMILES string of the molecule is COc1cc(OC)cc(-c2c3nc(c(-c4ccccc4)c4ccc([nH]4)c(-c4ccccc4)c4nc(c(-c5ccccc5)c5ccc2[nH]5)C=C4)C=C3)c1. The van der Waals surface area contributed by atoms with E-state index in [0.29, 0.717) is 11.5 Å². The van der Waals surface area contributed by atoms with E-state index in [1.54, 1.807) is 14.2 Å². The normalized spacial score (nSPS) is 11.9. The van der Waals surface area contributed by atoms with Gasteiger partial charge in [0.25, 0.3) is 0 Å². The van der Waals surface area contributed by atoms with Gasteiger partial charge in [-0.1, -0.05) is 91.0 Å². The lowest BCUT2D eigenvalue weighted by Crippen LogP contribution is -1.92. The molecule has 0 unspecified atom stereocenters. The molecule has 0 amide bonds. The van der Waals surface area contributed by atoms with Crippen molar-refractivity contribution in [2.75, 3.05) is 14.2 Å². The first kappa shape index (κ1) is 31.1. The molecular formula is C46H34N4O2. The van der Waals surface area contributed by atoms with Gasteiger partial charge in [-0.25, -0.2) is 9.97 Å². The molecule has 5 heterocycles. The van der Waals surface area contributed by atoms with Gasteiger partial charge in [-0.15, -0.1) is 0 Å². The van der Waals surface area contributed by atoms with Crippen LogP contribution in [0.5, 0.6) is 11.5 Å². The highest BCUT2D eigenvalue weighted by atomic mass is 16.5. The van der Waals surface area contributed by atoms with E-state index in [0.717, 1.165) is 89.4 Å². The van der Waals surface area contributed by atoms with Crippen LogP contribution >= 0.6 is 0 Å². The monoisotopic (exact) mass is 674 g/mol. The fraction of sp³-hybridized carbons (Fsp3) is 0.0435. The molecule has 2 aliphatic rings. The topological polar surface area (TPSA) is 75.8 Å². The summed E-state index contributed by atoms with van der Waals surface area (Å²) in [6, 6.07) is 45.8. The molecular weight excluding hydrogens is 641 g/mol. The molecule has 250 valence electrons. The zero-order valence-electron chi connectivity index (χ0n) is 28.7. The van der Waals surface area contributed by atoms with Gasteiger partial charge in [0.2, 0.25) is 0 Å². The van der Waals surface area contributed by atoms with E-state index in [4.69, 9.17) is 19.4 Å². The van der Waals surface area contributed by atoms with Crippen LogP contribution in [-0.2, 0) is 0 Å². The van der Waals surface area contributed by atoms with Crippen molar-refractivity contribution in [3.05, 3.63) is 156 Å². The molecule has 52 heavy (non-hydrogen) atoms. The minimum Gasteiger partial charge on any atom is -0.497 e. The predicted octanol–water partition coefficient (Wildman–Crippen LogP) is 11.3. The van der Waals surface area contributed by atoms with Crippen LogP contribution in [0.1, 0.15) is 22.8 Å². The van der Waals surface area contributed by atoms with Crippen LogP contribution in [-0.4, -0.2) is 34.2 Å². The van der Waals surface area contributed by atoms with E-state index < -0.39 is 0 Å². The van der Waals surface area contributed by atoms with Gasteiger partial charge in [-0.05, 0) is 83.0 Å². The molecule has 4 aromatic carbocycles. The van der Waals surface area contributed by atoms with Gasteiger partial charge in [-0.2, -0.15) is 0 Å². The Morgan fingerprint density at radius 3 is 0.981 bits per heavy atom. The van der Waals surface area contributed by atoms with Crippen molar-refractivity contribution >= 4 is 46.4 Å². The van der Waals surface area contributed by atoms with Crippen molar-refractivity contribution in [2.45, 2.75) is 0 Å². The molecule has 0 spiro atoms. The smallest absolute Gasteiger partial charge is 0.123 e. The van der Waals surface area contributed by atoms with Crippen molar-refractivity contribution in [3.8, 4) is 56.0 Å². The Bertz CT molecular complexity index is 2630. The lowest BCUT2D eigenvalue weighted by Gasteiger charge is -2.10. The van der Waals surface area contributed by atoms with Crippen LogP contribution in [0.25, 0.3) is 90.9 Å². The number of hydrogen-bond donors (Lipinski definition) is 2. The molecule has 6 heteroatoms. The Balaban J connectivity index is 1.48. The second kappa shape index (κ2) is 13.1. The molecule has 2 N–H and O–H groups in total. The van der Waals surface area contributed by atoms with Crippen LogP contribution in [0.3, 0.4) is 0 Å². The van der Waals surface area contributed by atoms with Crippen molar-refractivity contribution in [2.24, 2.45) is 0 Å². The van der Waals surface area contributed by atoms with Gasteiger partial charge in [0.15, 0.2) is 0 Å². The third-order valence-electron chi connectivity index (χ3n) is 9.58. The number of ether oxygens (including phenoxy) is 2. The number of nitrogens with one attached hydrogen (secondary N) is 2. The Morgan fingerprint density at radius 2 is 0.673 bits per heavy atom. The molecule has 3 aromatic heterocycles. The minimum absolute atomic E-state index is 0.693. The van der Waals surface area contributed by atoms with Gasteiger partial charge in [0.1, 0.15) is 11.5 Å². The summed E-state index contributed by atoms with van der Waals surface area (Å²) in [5.74, 6) is 1.39. The van der Waals surface area contributed by atoms with Gasteiger partial charge in [0.05, 0.1) is 37.0 Å². The van der Waals surface area contributed by atoms with E-state index >= 15 is 0 Å². The van der Waals surface area contributed by atoms with Crippen molar-refractivity contribution in [1.82, 2.24) is 19.9 Å². The first-order valence-electron chi connectivity index (χ1n) is 17.2. The van der Waals surface area contributed by atoms with Crippen molar-refractivity contribution < 1.29 is 9.47 Å². The Kier molecular flexibility index (Phi) is 7.82. The lowest BCUT2D eigenvalue weighted by atomic mass is 10.0. The van der Waals surface area contributed by atoms with Crippen molar-refractivity contribution in [1.29, 1.82) is 0 Å². The highest BCUT2D eigenvalue weighted by Gasteiger charge is 2.19. The number of nitrogens with zero attached hydrogens (tertiary/aromatic N) is 2. The Hall–Kier alpha value is -6.92. The van der Waals surface area contributed by atoms with Gasteiger partial charge >= 0.3 is 0 Å². The van der Waals surface area contributed by atoms with Crippen molar-refractivity contribution in [3.63, 3.8) is 0 Å². The largest absolute Gasteiger partial charge is 0.497 e. The summed E-state index contributed by atoms with van der Waals surface area (Å²) < 4.78 is 11.5. The highest BCUT2D eigenvalue weighted by molar-refractivity contribution is 6.00. The zero-order valence-corrected chi connectivity index (χ0v) is 28.7. The molecule has 0 fully saturated rings. The summed E-state index contributed by atoms with van der Waals surface area (Å²) >= 11 is 0. The molecule has 6 nitrogen and oxygen atoms in total. The first-order valence-corrected chi connectivity index (χ1v) is 17.2. The number of benzene rings is 4. The van der Waals surface area contributed by atoms with Gasteiger partial charge in [-0.3, -0.25) is 0 Å². The summed E-state index contributed by atoms with van der Waals surface area (Å²) in [7, 11) is 3.34. The highest BCUT2D eigenvalue weighted by Crippen LogP contribution is 2.39. The lowest BCUT2D eigenvalue weighted by molar-refractivity contribution is 0.394. The molecule has 9 rings (SSSR count). The molecule has 0 saturated carbocycles. The maximum absolute atomic E-state index is 5.73. The number of rotatable bonds is 6. The Labute approximate surface area is 301 Å². The van der Waals surface area contributed by atoms with E-state index in [2.05, 4.69) is 131 Å². The molecule has 0 saturated heterocycles. The summed E-state index contributed by atoms with van der Waals surface area (Å²) in [5, 5.41) is 0. The number of hydrogen-bond acceptors (Lipinski definition) is 4. The van der Waals surface area contributed by atoms with E-state index in [1.165, 1.54) is 0 Å². The van der Waals surface area contributed by atoms with Gasteiger partial charge < -0.3 is 19.4 Å². The summed E-state index contributed by atoms with van der Waals surface area (Å²) in [6.45, 7) is 0. The maximum atomic E-state index is 5.73. The molecule has 8 bridgehead atoms. The first-order chi connectivity index (χ1) is 25.7. The number of H-pyrrole nitrogens is 2. The summed E-state index contributed by atoms with van der Waals surface area (Å²) in [4.78, 5) is 18.3. The van der Waals surface area contributed by atoms with Crippen LogP contribution in [0.4, 0.5) is 0 Å². The standard InChI is InChI=1S/C46H34N4O2/c1-51-33-26-32(27-34(28-33)52-2)46-41-24-22-39(49-41)44(30-14-8-4-9-15-30)37-20-18-35(47-37)43(29-12-6-3-7-13-29)36-19-21-38(48-36)45(31-16-10-5-11-17-31)40-23-25-42(46)50-40/h3-28,47,50H,1-2H3. The van der Waals surface area contributed by atoms with Crippen LogP contribution in [0, 0.1) is 0 Å². The molecule has 0 atom stereocenters. The summed E-state index contributed by atoms with van der Waals surface area (Å²) in [5.41, 5.74) is 15.3. The summed E-state index contributed by atoms with van der Waals surface area (Å²) in [6.07, 6.45) is 8.43. The van der Waals surface area contributed by atoms with E-state index in [-0.39, 0.29) is 0 Å². The maximum Gasteiger partial charge on any atom is 0.123 e. The van der Waals surface area contributed by atoms with Gasteiger partial charge in [0, 0.05) is 50.4 Å². The predicted molar refractivity (Wildman–Crippen MR) is 214 cm³/mol. The molecule has 0 aliphatic carbocycles. The van der Waals surface area contributed by atoms with Crippen LogP contribution in [0.2, 0.25) is 0 Å². The third-order valence-corrected chi connectivity index (χ3v) is 9.58. The zero-order chi connectivity index (χ0) is 35.0. The fourth-order valence-corrected chi connectivity index (χ4v) is 7.19. The number of methoxy groups -OCH3 is 2. The van der Waals surface area contributed by atoms with Crippen LogP contribution in [0.15, 0.2) is 133 Å². The fourth-order valence-electron chi connectivity index (χ4n) is 7.19. The minimum atomic E-state index is 0.693. The third kappa shape index (κ3) is 5.56.